The number of carbonyl (C=O) groups is 1. The Bertz CT molecular complexity index is 789. The van der Waals surface area contributed by atoms with Gasteiger partial charge in [-0.05, 0) is 51.2 Å². The van der Waals surface area contributed by atoms with E-state index in [1.165, 1.54) is 34.0 Å². The largest absolute Gasteiger partial charge is 0.336 e. The molecule has 1 aliphatic heterocycles. The average Bonchev–Trinajstić information content (AvgIpc) is 3.16. The summed E-state index contributed by atoms with van der Waals surface area (Å²) in [6.45, 7) is 10.6. The Morgan fingerprint density at radius 2 is 1.77 bits per heavy atom. The smallest absolute Gasteiger partial charge is 0.254 e. The summed E-state index contributed by atoms with van der Waals surface area (Å²) >= 11 is 1.89. The van der Waals surface area contributed by atoms with Crippen LogP contribution < -0.4 is 0 Å². The summed E-state index contributed by atoms with van der Waals surface area (Å²) < 4.78 is 0. The Hall–Kier alpha value is -1.72. The Kier molecular flexibility index (Phi) is 4.84. The maximum Gasteiger partial charge on any atom is 0.254 e. The van der Waals surface area contributed by atoms with Crippen molar-refractivity contribution < 1.29 is 4.79 Å². The highest BCUT2D eigenvalue weighted by Gasteiger charge is 2.25. The van der Waals surface area contributed by atoms with E-state index in [9.17, 15) is 4.79 Å². The van der Waals surface area contributed by atoms with Gasteiger partial charge in [-0.2, -0.15) is 0 Å². The van der Waals surface area contributed by atoms with Crippen LogP contribution in [0, 0.1) is 20.8 Å². The van der Waals surface area contributed by atoms with Crippen LogP contribution in [0.3, 0.4) is 0 Å². The zero-order valence-electron chi connectivity index (χ0n) is 16.0. The molecule has 1 amide bonds. The predicted molar refractivity (Wildman–Crippen MR) is 106 cm³/mol. The maximum atomic E-state index is 13.0. The Morgan fingerprint density at radius 3 is 2.42 bits per heavy atom. The third-order valence-corrected chi connectivity index (χ3v) is 6.69. The van der Waals surface area contributed by atoms with Crippen LogP contribution in [-0.4, -0.2) is 46.9 Å². The van der Waals surface area contributed by atoms with Crippen molar-refractivity contribution in [3.05, 3.63) is 50.0 Å². The molecular formula is C21H27N3OS. The monoisotopic (exact) mass is 369 g/mol. The van der Waals surface area contributed by atoms with Crippen molar-refractivity contribution in [2.75, 3.05) is 26.2 Å². The Balaban J connectivity index is 1.38. The molecular weight excluding hydrogens is 342 g/mol. The topological polar surface area (TPSA) is 36.4 Å². The number of hydrogen-bond donors (Lipinski definition) is 0. The van der Waals surface area contributed by atoms with Crippen LogP contribution in [-0.2, 0) is 19.4 Å². The zero-order valence-corrected chi connectivity index (χ0v) is 16.8. The number of benzene rings is 1. The van der Waals surface area contributed by atoms with Gasteiger partial charge in [-0.1, -0.05) is 17.7 Å². The van der Waals surface area contributed by atoms with Gasteiger partial charge in [0.05, 0.1) is 12.2 Å². The minimum atomic E-state index is 0.188. The van der Waals surface area contributed by atoms with Gasteiger partial charge < -0.3 is 4.90 Å². The van der Waals surface area contributed by atoms with Gasteiger partial charge in [0.15, 0.2) is 0 Å². The van der Waals surface area contributed by atoms with Crippen molar-refractivity contribution in [3.63, 3.8) is 0 Å². The minimum Gasteiger partial charge on any atom is -0.336 e. The van der Waals surface area contributed by atoms with E-state index in [4.69, 9.17) is 4.98 Å². The number of piperazine rings is 1. The van der Waals surface area contributed by atoms with E-state index in [1.54, 1.807) is 0 Å². The number of rotatable bonds is 3. The second-order valence-corrected chi connectivity index (χ2v) is 8.84. The second kappa shape index (κ2) is 7.12. The third kappa shape index (κ3) is 3.42. The highest BCUT2D eigenvalue weighted by atomic mass is 32.1. The molecule has 0 saturated carbocycles. The predicted octanol–water partition coefficient (Wildman–Crippen LogP) is 3.52. The molecule has 26 heavy (non-hydrogen) atoms. The van der Waals surface area contributed by atoms with Crippen LogP contribution in [0.1, 0.15) is 49.0 Å². The van der Waals surface area contributed by atoms with Gasteiger partial charge in [-0.3, -0.25) is 9.69 Å². The fraction of sp³-hybridized carbons (Fsp3) is 0.524. The molecule has 0 atom stereocenters. The van der Waals surface area contributed by atoms with Gasteiger partial charge in [0.2, 0.25) is 0 Å². The van der Waals surface area contributed by atoms with Crippen LogP contribution in [0.4, 0.5) is 0 Å². The third-order valence-electron chi connectivity index (χ3n) is 5.55. The van der Waals surface area contributed by atoms with Gasteiger partial charge in [0.25, 0.3) is 5.91 Å². The molecule has 5 heteroatoms. The fourth-order valence-corrected chi connectivity index (χ4v) is 5.49. The lowest BCUT2D eigenvalue weighted by Gasteiger charge is -2.35. The lowest BCUT2D eigenvalue weighted by molar-refractivity contribution is 0.0627. The van der Waals surface area contributed by atoms with Gasteiger partial charge in [0.1, 0.15) is 5.01 Å². The first kappa shape index (κ1) is 17.7. The number of carbonyl (C=O) groups excluding carboxylic acids is 1. The highest BCUT2D eigenvalue weighted by Crippen LogP contribution is 2.28. The molecule has 4 rings (SSSR count). The summed E-state index contributed by atoms with van der Waals surface area (Å²) in [5.74, 6) is 0.188. The van der Waals surface area contributed by atoms with Crippen molar-refractivity contribution in [1.29, 1.82) is 0 Å². The molecule has 2 aliphatic rings. The van der Waals surface area contributed by atoms with E-state index in [-0.39, 0.29) is 5.91 Å². The molecule has 1 saturated heterocycles. The number of hydrogen-bond acceptors (Lipinski definition) is 4. The van der Waals surface area contributed by atoms with Crippen molar-refractivity contribution in [3.8, 4) is 0 Å². The van der Waals surface area contributed by atoms with E-state index >= 15 is 0 Å². The first-order valence-corrected chi connectivity index (χ1v) is 10.4. The molecule has 0 unspecified atom stereocenters. The number of aromatic nitrogens is 1. The lowest BCUT2D eigenvalue weighted by Crippen LogP contribution is -2.48. The van der Waals surface area contributed by atoms with Crippen molar-refractivity contribution >= 4 is 17.2 Å². The zero-order chi connectivity index (χ0) is 18.3. The molecule has 0 radical (unpaired) electrons. The van der Waals surface area contributed by atoms with Crippen LogP contribution in [0.15, 0.2) is 12.1 Å². The molecule has 0 bridgehead atoms. The van der Waals surface area contributed by atoms with Crippen molar-refractivity contribution in [2.24, 2.45) is 0 Å². The number of aryl methyl sites for hydroxylation is 5. The van der Waals surface area contributed by atoms with Gasteiger partial charge in [0, 0.05) is 36.6 Å². The van der Waals surface area contributed by atoms with Gasteiger partial charge >= 0.3 is 0 Å². The molecule has 0 spiro atoms. The van der Waals surface area contributed by atoms with E-state index in [1.807, 2.05) is 30.1 Å². The van der Waals surface area contributed by atoms with Crippen LogP contribution in [0.25, 0.3) is 0 Å². The highest BCUT2D eigenvalue weighted by molar-refractivity contribution is 7.11. The summed E-state index contributed by atoms with van der Waals surface area (Å²) in [6.07, 6.45) is 3.64. The lowest BCUT2D eigenvalue weighted by atomic mass is 9.98. The Labute approximate surface area is 159 Å². The SMILES string of the molecule is Cc1cc(C)c(C(=O)N2CCN(Cc3nc4c(s3)CCC4)CC2)c(C)c1. The van der Waals surface area contributed by atoms with E-state index in [0.29, 0.717) is 0 Å². The summed E-state index contributed by atoms with van der Waals surface area (Å²) in [5, 5.41) is 1.25. The molecule has 1 aromatic heterocycles. The summed E-state index contributed by atoms with van der Waals surface area (Å²) in [7, 11) is 0. The molecule has 2 heterocycles. The molecule has 1 aromatic carbocycles. The quantitative estimate of drug-likeness (QED) is 0.831. The standard InChI is InChI=1S/C21H27N3OS/c1-14-11-15(2)20(16(3)12-14)21(25)24-9-7-23(8-10-24)13-19-22-17-5-4-6-18(17)26-19/h11-12H,4-10,13H2,1-3H3. The normalized spacial score (nSPS) is 17.6. The number of fused-ring (bicyclic) bond motifs is 1. The van der Waals surface area contributed by atoms with Crippen LogP contribution >= 0.6 is 11.3 Å². The minimum absolute atomic E-state index is 0.188. The molecule has 1 fully saturated rings. The second-order valence-electron chi connectivity index (χ2n) is 7.67. The molecule has 138 valence electrons. The first-order valence-electron chi connectivity index (χ1n) is 9.58. The van der Waals surface area contributed by atoms with Crippen LogP contribution in [0.2, 0.25) is 0 Å². The van der Waals surface area contributed by atoms with E-state index < -0.39 is 0 Å². The number of nitrogens with zero attached hydrogens (tertiary/aromatic N) is 3. The summed E-state index contributed by atoms with van der Waals surface area (Å²) in [5.41, 5.74) is 5.63. The van der Waals surface area contributed by atoms with E-state index in [2.05, 4.69) is 24.0 Å². The van der Waals surface area contributed by atoms with Gasteiger partial charge in [-0.15, -0.1) is 11.3 Å². The van der Waals surface area contributed by atoms with E-state index in [0.717, 1.165) is 55.8 Å². The number of thiazole rings is 1. The number of amides is 1. The maximum absolute atomic E-state index is 13.0. The first-order chi connectivity index (χ1) is 12.5. The molecule has 4 nitrogen and oxygen atoms in total. The molecule has 2 aromatic rings. The average molecular weight is 370 g/mol. The van der Waals surface area contributed by atoms with Gasteiger partial charge in [-0.25, -0.2) is 4.98 Å². The van der Waals surface area contributed by atoms with Crippen LogP contribution in [0.5, 0.6) is 0 Å². The summed E-state index contributed by atoms with van der Waals surface area (Å²) in [6, 6.07) is 4.22. The van der Waals surface area contributed by atoms with Crippen molar-refractivity contribution in [2.45, 2.75) is 46.6 Å². The Morgan fingerprint density at radius 1 is 1.08 bits per heavy atom. The fourth-order valence-electron chi connectivity index (χ4n) is 4.29. The van der Waals surface area contributed by atoms with Crippen molar-refractivity contribution in [1.82, 2.24) is 14.8 Å². The molecule has 0 N–H and O–H groups in total. The summed E-state index contributed by atoms with van der Waals surface area (Å²) in [4.78, 5) is 23.8. The molecule has 1 aliphatic carbocycles.